The average molecular weight is 281 g/mol. The minimum atomic E-state index is -1.11. The Kier molecular flexibility index (Phi) is 5.99. The highest BCUT2D eigenvalue weighted by molar-refractivity contribution is 5.88. The Labute approximate surface area is 117 Å². The lowest BCUT2D eigenvalue weighted by Crippen LogP contribution is -2.38. The van der Waals surface area contributed by atoms with Crippen molar-refractivity contribution in [1.29, 1.82) is 0 Å². The lowest BCUT2D eigenvalue weighted by atomic mass is 10.2. The molecule has 0 radical (unpaired) electrons. The fraction of sp³-hybridized carbons (Fsp3) is 0.429. The maximum atomic E-state index is 11.7. The van der Waals surface area contributed by atoms with Crippen molar-refractivity contribution in [2.24, 2.45) is 0 Å². The summed E-state index contributed by atoms with van der Waals surface area (Å²) < 4.78 is 10.3. The van der Waals surface area contributed by atoms with Crippen LogP contribution in [0.4, 0.5) is 5.69 Å². The fourth-order valence-corrected chi connectivity index (χ4v) is 1.56. The zero-order valence-electron chi connectivity index (χ0n) is 11.8. The van der Waals surface area contributed by atoms with Crippen LogP contribution in [-0.2, 0) is 14.3 Å². The number of aliphatic hydroxyl groups excluding tert-OH is 1. The summed E-state index contributed by atoms with van der Waals surface area (Å²) in [6.45, 7) is 4.72. The van der Waals surface area contributed by atoms with Gasteiger partial charge in [-0.2, -0.15) is 0 Å². The summed E-state index contributed by atoms with van der Waals surface area (Å²) in [6, 6.07) is 6.55. The number of esters is 1. The van der Waals surface area contributed by atoms with Gasteiger partial charge in [-0.05, 0) is 26.0 Å². The SMILES string of the molecule is CCOC(=O)C(Oc1cccc(NC(C)=O)c1)C(C)O. The molecule has 0 aliphatic heterocycles. The highest BCUT2D eigenvalue weighted by atomic mass is 16.6. The summed E-state index contributed by atoms with van der Waals surface area (Å²) in [4.78, 5) is 22.7. The molecule has 110 valence electrons. The zero-order valence-corrected chi connectivity index (χ0v) is 11.8. The largest absolute Gasteiger partial charge is 0.476 e. The van der Waals surface area contributed by atoms with E-state index in [-0.39, 0.29) is 12.5 Å². The molecule has 1 rings (SSSR count). The molecule has 0 saturated carbocycles. The van der Waals surface area contributed by atoms with Crippen molar-refractivity contribution < 1.29 is 24.2 Å². The summed E-state index contributed by atoms with van der Waals surface area (Å²) in [6.07, 6.45) is -2.12. The number of rotatable bonds is 6. The van der Waals surface area contributed by atoms with Crippen LogP contribution < -0.4 is 10.1 Å². The molecule has 1 amide bonds. The average Bonchev–Trinajstić information content (AvgIpc) is 2.35. The molecule has 1 aromatic carbocycles. The van der Waals surface area contributed by atoms with Crippen molar-refractivity contribution >= 4 is 17.6 Å². The van der Waals surface area contributed by atoms with Crippen LogP contribution in [0.3, 0.4) is 0 Å². The van der Waals surface area contributed by atoms with E-state index in [1.807, 2.05) is 0 Å². The van der Waals surface area contributed by atoms with E-state index >= 15 is 0 Å². The Bertz CT molecular complexity index is 472. The molecule has 6 nitrogen and oxygen atoms in total. The fourth-order valence-electron chi connectivity index (χ4n) is 1.56. The molecule has 0 aliphatic rings. The zero-order chi connectivity index (χ0) is 15.1. The van der Waals surface area contributed by atoms with Crippen LogP contribution in [0.5, 0.6) is 5.75 Å². The van der Waals surface area contributed by atoms with Crippen molar-refractivity contribution in [2.75, 3.05) is 11.9 Å². The van der Waals surface area contributed by atoms with Gasteiger partial charge in [-0.3, -0.25) is 4.79 Å². The minimum Gasteiger partial charge on any atom is -0.476 e. The van der Waals surface area contributed by atoms with Crippen LogP contribution >= 0.6 is 0 Å². The van der Waals surface area contributed by atoms with Crippen LogP contribution in [0, 0.1) is 0 Å². The van der Waals surface area contributed by atoms with Crippen LogP contribution in [0.1, 0.15) is 20.8 Å². The number of nitrogens with one attached hydrogen (secondary N) is 1. The maximum Gasteiger partial charge on any atom is 0.350 e. The first-order chi connectivity index (χ1) is 9.43. The number of amides is 1. The van der Waals surface area contributed by atoms with Crippen molar-refractivity contribution in [3.63, 3.8) is 0 Å². The highest BCUT2D eigenvalue weighted by Crippen LogP contribution is 2.19. The number of aliphatic hydroxyl groups is 1. The number of carbonyl (C=O) groups is 2. The van der Waals surface area contributed by atoms with E-state index in [4.69, 9.17) is 9.47 Å². The second-order valence-corrected chi connectivity index (χ2v) is 4.24. The molecule has 20 heavy (non-hydrogen) atoms. The molecule has 0 heterocycles. The van der Waals surface area contributed by atoms with Crippen molar-refractivity contribution in [1.82, 2.24) is 0 Å². The summed E-state index contributed by atoms with van der Waals surface area (Å²) >= 11 is 0. The third-order valence-electron chi connectivity index (χ3n) is 2.37. The number of hydrogen-bond donors (Lipinski definition) is 2. The van der Waals surface area contributed by atoms with Gasteiger partial charge in [0.1, 0.15) is 5.75 Å². The Morgan fingerprint density at radius 3 is 2.65 bits per heavy atom. The molecule has 6 heteroatoms. The van der Waals surface area contributed by atoms with Gasteiger partial charge in [0.05, 0.1) is 12.7 Å². The number of anilines is 1. The Morgan fingerprint density at radius 1 is 1.40 bits per heavy atom. The molecule has 0 bridgehead atoms. The molecule has 0 aromatic heterocycles. The third kappa shape index (κ3) is 4.89. The number of hydrogen-bond acceptors (Lipinski definition) is 5. The highest BCUT2D eigenvalue weighted by Gasteiger charge is 2.27. The lowest BCUT2D eigenvalue weighted by Gasteiger charge is -2.20. The van der Waals surface area contributed by atoms with Gasteiger partial charge in [0.25, 0.3) is 0 Å². The summed E-state index contributed by atoms with van der Waals surface area (Å²) in [5.41, 5.74) is 0.545. The molecule has 2 unspecified atom stereocenters. The van der Waals surface area contributed by atoms with E-state index in [2.05, 4.69) is 5.32 Å². The molecule has 0 aliphatic carbocycles. The topological polar surface area (TPSA) is 84.9 Å². The predicted octanol–water partition coefficient (Wildman–Crippen LogP) is 1.34. The quantitative estimate of drug-likeness (QED) is 0.769. The maximum absolute atomic E-state index is 11.7. The van der Waals surface area contributed by atoms with Crippen molar-refractivity contribution in [3.8, 4) is 5.75 Å². The molecule has 2 N–H and O–H groups in total. The smallest absolute Gasteiger partial charge is 0.350 e. The molecular formula is C14H19NO5. The van der Waals surface area contributed by atoms with Gasteiger partial charge in [0, 0.05) is 18.7 Å². The summed E-state index contributed by atoms with van der Waals surface area (Å²) in [5.74, 6) is -0.484. The molecule has 0 fully saturated rings. The van der Waals surface area contributed by atoms with Gasteiger partial charge in [-0.25, -0.2) is 4.79 Å². The van der Waals surface area contributed by atoms with Gasteiger partial charge in [-0.1, -0.05) is 6.07 Å². The lowest BCUT2D eigenvalue weighted by molar-refractivity contribution is -0.156. The van der Waals surface area contributed by atoms with Crippen LogP contribution in [-0.4, -0.2) is 35.8 Å². The van der Waals surface area contributed by atoms with Gasteiger partial charge in [-0.15, -0.1) is 0 Å². The molecular weight excluding hydrogens is 262 g/mol. The van der Waals surface area contributed by atoms with Crippen molar-refractivity contribution in [3.05, 3.63) is 24.3 Å². The van der Waals surface area contributed by atoms with Crippen LogP contribution in [0.25, 0.3) is 0 Å². The summed E-state index contributed by atoms with van der Waals surface area (Å²) in [5, 5.41) is 12.2. The standard InChI is InChI=1S/C14H19NO5/c1-4-19-14(18)13(9(2)16)20-12-7-5-6-11(8-12)15-10(3)17/h5-9,13,16H,4H2,1-3H3,(H,15,17). The number of carbonyl (C=O) groups excluding carboxylic acids is 2. The van der Waals surface area contributed by atoms with E-state index in [1.54, 1.807) is 31.2 Å². The van der Waals surface area contributed by atoms with E-state index in [0.717, 1.165) is 0 Å². The Balaban J connectivity index is 2.83. The van der Waals surface area contributed by atoms with Gasteiger partial charge in [0.15, 0.2) is 0 Å². The van der Waals surface area contributed by atoms with Crippen LogP contribution in [0.2, 0.25) is 0 Å². The van der Waals surface area contributed by atoms with E-state index in [1.165, 1.54) is 13.8 Å². The molecule has 1 aromatic rings. The molecule has 0 saturated heterocycles. The first kappa shape index (κ1) is 16.0. The summed E-state index contributed by atoms with van der Waals surface area (Å²) in [7, 11) is 0. The van der Waals surface area contributed by atoms with E-state index in [0.29, 0.717) is 11.4 Å². The molecule has 2 atom stereocenters. The molecule has 0 spiro atoms. The normalized spacial score (nSPS) is 13.2. The Hall–Kier alpha value is -2.08. The third-order valence-corrected chi connectivity index (χ3v) is 2.37. The number of ether oxygens (including phenoxy) is 2. The van der Waals surface area contributed by atoms with Gasteiger partial charge in [0.2, 0.25) is 12.0 Å². The monoisotopic (exact) mass is 281 g/mol. The minimum absolute atomic E-state index is 0.206. The first-order valence-electron chi connectivity index (χ1n) is 6.33. The predicted molar refractivity (Wildman–Crippen MR) is 73.5 cm³/mol. The Morgan fingerprint density at radius 2 is 2.10 bits per heavy atom. The first-order valence-corrected chi connectivity index (χ1v) is 6.33. The number of benzene rings is 1. The second-order valence-electron chi connectivity index (χ2n) is 4.24. The van der Waals surface area contributed by atoms with Crippen molar-refractivity contribution in [2.45, 2.75) is 33.0 Å². The van der Waals surface area contributed by atoms with Gasteiger partial charge >= 0.3 is 5.97 Å². The van der Waals surface area contributed by atoms with Crippen LogP contribution in [0.15, 0.2) is 24.3 Å². The van der Waals surface area contributed by atoms with E-state index in [9.17, 15) is 14.7 Å². The van der Waals surface area contributed by atoms with Gasteiger partial charge < -0.3 is 19.9 Å². The van der Waals surface area contributed by atoms with E-state index < -0.39 is 18.2 Å². The second kappa shape index (κ2) is 7.49.